The average Bonchev–Trinajstić information content (AvgIpc) is 2.54. The molecule has 23 heavy (non-hydrogen) atoms. The van der Waals surface area contributed by atoms with Crippen molar-refractivity contribution in [3.63, 3.8) is 0 Å². The first-order chi connectivity index (χ1) is 10.8. The van der Waals surface area contributed by atoms with Crippen molar-refractivity contribution in [2.24, 2.45) is 0 Å². The highest BCUT2D eigenvalue weighted by atomic mass is 35.6. The molecule has 0 saturated carbocycles. The minimum atomic E-state index is -2.01. The van der Waals surface area contributed by atoms with Crippen LogP contribution in [0.15, 0.2) is 60.7 Å². The number of anilines is 1. The van der Waals surface area contributed by atoms with Crippen LogP contribution in [0.4, 0.5) is 5.69 Å². The summed E-state index contributed by atoms with van der Waals surface area (Å²) >= 11 is 15.9. The van der Waals surface area contributed by atoms with E-state index in [1.807, 2.05) is 62.6 Å². The van der Waals surface area contributed by atoms with E-state index in [0.29, 0.717) is 0 Å². The standard InChI is InChI=1S/C9H7Cl3O2.C8H11N/c10-9(11,12)8(13)14-6-7-4-2-1-3-5-7;1-9(2)8-6-4-3-5-7-8/h1-5H,6H2;3-7H,1-2H3. The van der Waals surface area contributed by atoms with Crippen LogP contribution in [0.2, 0.25) is 0 Å². The number of carbonyl (C=O) groups is 1. The largest absolute Gasteiger partial charge is 0.458 e. The second-order valence-electron chi connectivity index (χ2n) is 4.79. The topological polar surface area (TPSA) is 29.5 Å². The molecule has 0 heterocycles. The Hall–Kier alpha value is -1.42. The molecule has 0 bridgehead atoms. The summed E-state index contributed by atoms with van der Waals surface area (Å²) < 4.78 is 2.75. The molecule has 0 atom stereocenters. The number of nitrogens with zero attached hydrogens (tertiary/aromatic N) is 1. The van der Waals surface area contributed by atoms with Crippen molar-refractivity contribution in [2.75, 3.05) is 19.0 Å². The van der Waals surface area contributed by atoms with Gasteiger partial charge in [-0.1, -0.05) is 83.3 Å². The Bertz CT molecular complexity index is 584. The lowest BCUT2D eigenvalue weighted by Gasteiger charge is -2.10. The zero-order valence-electron chi connectivity index (χ0n) is 12.9. The van der Waals surface area contributed by atoms with E-state index in [2.05, 4.69) is 17.0 Å². The molecule has 0 radical (unpaired) electrons. The molecule has 0 amide bonds. The Morgan fingerprint density at radius 3 is 1.83 bits per heavy atom. The maximum Gasteiger partial charge on any atom is 0.358 e. The van der Waals surface area contributed by atoms with Crippen LogP contribution in [0.5, 0.6) is 0 Å². The molecule has 2 aromatic carbocycles. The summed E-state index contributed by atoms with van der Waals surface area (Å²) in [6.07, 6.45) is 0. The zero-order valence-corrected chi connectivity index (χ0v) is 15.1. The van der Waals surface area contributed by atoms with Gasteiger partial charge in [0, 0.05) is 19.8 Å². The molecular formula is C17H18Cl3NO2. The van der Waals surface area contributed by atoms with E-state index >= 15 is 0 Å². The maximum absolute atomic E-state index is 11.0. The molecule has 0 aliphatic rings. The van der Waals surface area contributed by atoms with E-state index in [-0.39, 0.29) is 6.61 Å². The first-order valence-corrected chi connectivity index (χ1v) is 7.94. The van der Waals surface area contributed by atoms with Gasteiger partial charge in [-0.2, -0.15) is 0 Å². The van der Waals surface area contributed by atoms with Crippen molar-refractivity contribution in [1.82, 2.24) is 0 Å². The summed E-state index contributed by atoms with van der Waals surface area (Å²) in [7, 11) is 4.07. The van der Waals surface area contributed by atoms with Crippen molar-refractivity contribution >= 4 is 46.5 Å². The summed E-state index contributed by atoms with van der Waals surface area (Å²) in [5.41, 5.74) is 2.09. The smallest absolute Gasteiger partial charge is 0.358 e. The first-order valence-electron chi connectivity index (χ1n) is 6.81. The summed E-state index contributed by atoms with van der Waals surface area (Å²) in [6.45, 7) is 0.105. The molecule has 0 N–H and O–H groups in total. The normalized spacial score (nSPS) is 10.3. The number of ether oxygens (including phenoxy) is 1. The van der Waals surface area contributed by atoms with Gasteiger partial charge in [-0.15, -0.1) is 0 Å². The Morgan fingerprint density at radius 1 is 0.957 bits per heavy atom. The van der Waals surface area contributed by atoms with Crippen molar-refractivity contribution < 1.29 is 9.53 Å². The van der Waals surface area contributed by atoms with Gasteiger partial charge in [0.15, 0.2) is 0 Å². The molecule has 2 rings (SSSR count). The van der Waals surface area contributed by atoms with Crippen LogP contribution in [-0.2, 0) is 16.1 Å². The van der Waals surface area contributed by atoms with E-state index in [1.54, 1.807) is 0 Å². The maximum atomic E-state index is 11.0. The Balaban J connectivity index is 0.000000253. The highest BCUT2D eigenvalue weighted by Gasteiger charge is 2.32. The van der Waals surface area contributed by atoms with Crippen molar-refractivity contribution in [2.45, 2.75) is 10.4 Å². The second kappa shape index (κ2) is 9.66. The molecule has 0 aliphatic carbocycles. The van der Waals surface area contributed by atoms with Crippen molar-refractivity contribution in [3.05, 3.63) is 66.2 Å². The Kier molecular flexibility index (Phi) is 8.24. The first kappa shape index (κ1) is 19.6. The molecule has 0 aromatic heterocycles. The number of hydrogen-bond acceptors (Lipinski definition) is 3. The quantitative estimate of drug-likeness (QED) is 0.568. The van der Waals surface area contributed by atoms with E-state index in [0.717, 1.165) is 5.56 Å². The van der Waals surface area contributed by atoms with Crippen LogP contribution in [0, 0.1) is 0 Å². The minimum absolute atomic E-state index is 0.105. The van der Waals surface area contributed by atoms with Crippen LogP contribution in [0.25, 0.3) is 0 Å². The molecule has 0 spiro atoms. The fraction of sp³-hybridized carbons (Fsp3) is 0.235. The van der Waals surface area contributed by atoms with Gasteiger partial charge in [0.25, 0.3) is 3.79 Å². The third-order valence-corrected chi connectivity index (χ3v) is 3.18. The fourth-order valence-electron chi connectivity index (χ4n) is 1.53. The minimum Gasteiger partial charge on any atom is -0.458 e. The highest BCUT2D eigenvalue weighted by molar-refractivity contribution is 6.75. The number of hydrogen-bond donors (Lipinski definition) is 0. The number of para-hydroxylation sites is 1. The van der Waals surface area contributed by atoms with E-state index in [9.17, 15) is 4.79 Å². The molecule has 6 heteroatoms. The Morgan fingerprint density at radius 2 is 1.43 bits per heavy atom. The third kappa shape index (κ3) is 8.12. The predicted octanol–water partition coefficient (Wildman–Crippen LogP) is 4.85. The summed E-state index contributed by atoms with van der Waals surface area (Å²) in [6, 6.07) is 19.4. The molecule has 3 nitrogen and oxygen atoms in total. The second-order valence-corrected chi connectivity index (χ2v) is 7.07. The molecule has 2 aromatic rings. The van der Waals surface area contributed by atoms with Crippen LogP contribution < -0.4 is 4.90 Å². The SMILES string of the molecule is CN(C)c1ccccc1.O=C(OCc1ccccc1)C(Cl)(Cl)Cl. The van der Waals surface area contributed by atoms with Gasteiger partial charge in [0.05, 0.1) is 0 Å². The molecule has 0 unspecified atom stereocenters. The van der Waals surface area contributed by atoms with E-state index < -0.39 is 9.76 Å². The van der Waals surface area contributed by atoms with E-state index in [1.165, 1.54) is 5.69 Å². The summed E-state index contributed by atoms with van der Waals surface area (Å²) in [5, 5.41) is 0. The van der Waals surface area contributed by atoms with Gasteiger partial charge in [-0.3, -0.25) is 0 Å². The van der Waals surface area contributed by atoms with Crippen LogP contribution in [-0.4, -0.2) is 23.9 Å². The molecule has 124 valence electrons. The third-order valence-electron chi connectivity index (χ3n) is 2.72. The molecule has 0 saturated heterocycles. The molecule has 0 fully saturated rings. The average molecular weight is 375 g/mol. The van der Waals surface area contributed by atoms with Gasteiger partial charge in [0.2, 0.25) is 0 Å². The number of benzene rings is 2. The monoisotopic (exact) mass is 373 g/mol. The highest BCUT2D eigenvalue weighted by Crippen LogP contribution is 2.27. The molecular weight excluding hydrogens is 357 g/mol. The van der Waals surface area contributed by atoms with Gasteiger partial charge >= 0.3 is 5.97 Å². The number of rotatable bonds is 3. The van der Waals surface area contributed by atoms with Gasteiger partial charge in [-0.25, -0.2) is 4.79 Å². The van der Waals surface area contributed by atoms with Gasteiger partial charge in [0.1, 0.15) is 6.61 Å². The van der Waals surface area contributed by atoms with Crippen LogP contribution >= 0.6 is 34.8 Å². The Labute approximate surface area is 151 Å². The lowest BCUT2D eigenvalue weighted by Crippen LogP contribution is -2.21. The van der Waals surface area contributed by atoms with Crippen molar-refractivity contribution in [3.8, 4) is 0 Å². The van der Waals surface area contributed by atoms with Gasteiger partial charge < -0.3 is 9.64 Å². The van der Waals surface area contributed by atoms with Crippen molar-refractivity contribution in [1.29, 1.82) is 0 Å². The zero-order chi connectivity index (χ0) is 17.3. The van der Waals surface area contributed by atoms with E-state index in [4.69, 9.17) is 39.5 Å². The number of alkyl halides is 3. The summed E-state index contributed by atoms with van der Waals surface area (Å²) in [4.78, 5) is 13.1. The number of halogens is 3. The molecule has 0 aliphatic heterocycles. The van der Waals surface area contributed by atoms with Crippen LogP contribution in [0.3, 0.4) is 0 Å². The lowest BCUT2D eigenvalue weighted by atomic mass is 10.2. The predicted molar refractivity (Wildman–Crippen MR) is 97.3 cm³/mol. The lowest BCUT2D eigenvalue weighted by molar-refractivity contribution is -0.143. The summed E-state index contributed by atoms with van der Waals surface area (Å²) in [5.74, 6) is -0.869. The fourth-order valence-corrected chi connectivity index (χ4v) is 1.69. The van der Waals surface area contributed by atoms with Gasteiger partial charge in [-0.05, 0) is 17.7 Å². The number of carbonyl (C=O) groups excluding carboxylic acids is 1. The number of esters is 1. The van der Waals surface area contributed by atoms with Crippen LogP contribution in [0.1, 0.15) is 5.56 Å².